The minimum Gasteiger partial charge on any atom is -0.491 e. The smallest absolute Gasteiger partial charge is 0.255 e. The maximum atomic E-state index is 13.9. The Bertz CT molecular complexity index is 1170. The normalized spacial score (nSPS) is 16.2. The summed E-state index contributed by atoms with van der Waals surface area (Å²) in [7, 11) is 1.97. The van der Waals surface area contributed by atoms with E-state index in [4.69, 9.17) is 9.47 Å². The third-order valence-corrected chi connectivity index (χ3v) is 5.85. The monoisotopic (exact) mass is 464 g/mol. The third kappa shape index (κ3) is 4.97. The molecule has 0 unspecified atom stereocenters. The first-order chi connectivity index (χ1) is 16.4. The molecule has 8 heteroatoms. The van der Waals surface area contributed by atoms with Crippen LogP contribution in [-0.4, -0.2) is 60.6 Å². The number of rotatable bonds is 6. The highest BCUT2D eigenvalue weighted by molar-refractivity contribution is 6.04. The van der Waals surface area contributed by atoms with Crippen LogP contribution in [0.15, 0.2) is 60.7 Å². The van der Waals surface area contributed by atoms with E-state index in [0.29, 0.717) is 31.1 Å². The first-order valence-corrected chi connectivity index (χ1v) is 11.3. The van der Waals surface area contributed by atoms with Crippen molar-refractivity contribution < 1.29 is 18.7 Å². The number of amides is 1. The fraction of sp³-hybridized carbons (Fsp3) is 0.308. The molecule has 1 saturated heterocycles. The van der Waals surface area contributed by atoms with Crippen LogP contribution < -0.4 is 10.1 Å². The summed E-state index contributed by atoms with van der Waals surface area (Å²) >= 11 is 0. The molecule has 4 rings (SSSR count). The number of halogens is 1. The van der Waals surface area contributed by atoms with Gasteiger partial charge in [0.15, 0.2) is 11.6 Å². The fourth-order valence-corrected chi connectivity index (χ4v) is 3.97. The number of aromatic nitrogens is 1. The van der Waals surface area contributed by atoms with Crippen LogP contribution in [0.3, 0.4) is 0 Å². The van der Waals surface area contributed by atoms with Gasteiger partial charge in [-0.1, -0.05) is 6.58 Å². The molecule has 34 heavy (non-hydrogen) atoms. The molecule has 0 bridgehead atoms. The lowest BCUT2D eigenvalue weighted by atomic mass is 10.00. The van der Waals surface area contributed by atoms with Crippen molar-refractivity contribution >= 4 is 17.2 Å². The molecular formula is C26H29FN4O3. The lowest BCUT2D eigenvalue weighted by Gasteiger charge is -2.36. The van der Waals surface area contributed by atoms with E-state index in [0.717, 1.165) is 41.3 Å². The average molecular weight is 465 g/mol. The van der Waals surface area contributed by atoms with Crippen LogP contribution in [0.25, 0.3) is 5.57 Å². The number of hydrogen-bond donors (Lipinski definition) is 1. The zero-order valence-corrected chi connectivity index (χ0v) is 19.7. The van der Waals surface area contributed by atoms with Crippen LogP contribution in [0.1, 0.15) is 28.5 Å². The Morgan fingerprint density at radius 3 is 2.79 bits per heavy atom. The second-order valence-electron chi connectivity index (χ2n) is 8.16. The number of morpholine rings is 1. The molecule has 0 spiro atoms. The summed E-state index contributed by atoms with van der Waals surface area (Å²) in [6.07, 6.45) is 5.73. The first kappa shape index (κ1) is 23.5. The molecule has 1 amide bonds. The van der Waals surface area contributed by atoms with Crippen LogP contribution >= 0.6 is 0 Å². The van der Waals surface area contributed by atoms with Gasteiger partial charge >= 0.3 is 0 Å². The third-order valence-electron chi connectivity index (χ3n) is 5.85. The van der Waals surface area contributed by atoms with Crippen molar-refractivity contribution in [3.8, 4) is 5.75 Å². The molecule has 2 aliphatic heterocycles. The molecule has 1 aromatic carbocycles. The zero-order chi connectivity index (χ0) is 24.2. The summed E-state index contributed by atoms with van der Waals surface area (Å²) in [6.45, 7) is 11.2. The lowest BCUT2D eigenvalue weighted by Crippen LogP contribution is -2.38. The maximum absolute atomic E-state index is 13.9. The Hall–Kier alpha value is -3.65. The number of nitrogens with zero attached hydrogens (tertiary/aromatic N) is 3. The minimum absolute atomic E-state index is 0.0503. The van der Waals surface area contributed by atoms with Gasteiger partial charge in [-0.25, -0.2) is 4.39 Å². The summed E-state index contributed by atoms with van der Waals surface area (Å²) in [5.74, 6) is -0.824. The molecule has 1 aromatic heterocycles. The van der Waals surface area contributed by atoms with Crippen LogP contribution in [-0.2, 0) is 4.74 Å². The van der Waals surface area contributed by atoms with Crippen molar-refractivity contribution in [2.75, 3.05) is 45.3 Å². The van der Waals surface area contributed by atoms with Crippen molar-refractivity contribution in [3.05, 3.63) is 83.3 Å². The summed E-state index contributed by atoms with van der Waals surface area (Å²) in [5, 5.41) is 2.86. The van der Waals surface area contributed by atoms with E-state index in [2.05, 4.69) is 27.9 Å². The van der Waals surface area contributed by atoms with Gasteiger partial charge in [0, 0.05) is 48.7 Å². The number of carbonyl (C=O) groups excluding carboxylic acids is 1. The highest BCUT2D eigenvalue weighted by atomic mass is 19.1. The molecule has 7 nitrogen and oxygen atoms in total. The summed E-state index contributed by atoms with van der Waals surface area (Å²) < 4.78 is 24.6. The summed E-state index contributed by atoms with van der Waals surface area (Å²) in [6, 6.07) is 5.95. The van der Waals surface area contributed by atoms with E-state index in [-0.39, 0.29) is 11.7 Å². The van der Waals surface area contributed by atoms with Gasteiger partial charge in [0.25, 0.3) is 5.91 Å². The van der Waals surface area contributed by atoms with Crippen LogP contribution in [0.4, 0.5) is 10.1 Å². The highest BCUT2D eigenvalue weighted by Crippen LogP contribution is 2.32. The summed E-state index contributed by atoms with van der Waals surface area (Å²) in [5.41, 5.74) is 5.52. The lowest BCUT2D eigenvalue weighted by molar-refractivity contribution is 0.0536. The second kappa shape index (κ2) is 10.1. The molecule has 1 fully saturated rings. The standard InChI is InChI=1S/C26H29FN4O3/c1-5-34-25-13-19(6-7-23(25)27)26(32)29-21-14-22(17(2)28-15-21)20-12-24(18(3)30(4)16-20)31-8-10-33-11-9-31/h6-7,12-16H,3,5,8-11H2,1-2,4H3,(H,29,32). The number of benzene rings is 1. The molecule has 3 heterocycles. The molecule has 0 aliphatic carbocycles. The zero-order valence-electron chi connectivity index (χ0n) is 19.7. The Morgan fingerprint density at radius 1 is 1.29 bits per heavy atom. The number of pyridine rings is 1. The van der Waals surface area contributed by atoms with Crippen molar-refractivity contribution in [2.24, 2.45) is 0 Å². The number of nitrogens with one attached hydrogen (secondary N) is 1. The molecule has 0 radical (unpaired) electrons. The molecule has 178 valence electrons. The second-order valence-corrected chi connectivity index (χ2v) is 8.16. The van der Waals surface area contributed by atoms with Crippen LogP contribution in [0.5, 0.6) is 5.75 Å². The number of ether oxygens (including phenoxy) is 2. The predicted octanol–water partition coefficient (Wildman–Crippen LogP) is 4.20. The van der Waals surface area contributed by atoms with Crippen molar-refractivity contribution in [3.63, 3.8) is 0 Å². The van der Waals surface area contributed by atoms with E-state index in [1.807, 2.05) is 31.1 Å². The maximum Gasteiger partial charge on any atom is 0.255 e. The van der Waals surface area contributed by atoms with Gasteiger partial charge in [-0.3, -0.25) is 9.78 Å². The van der Waals surface area contributed by atoms with Gasteiger partial charge in [-0.15, -0.1) is 0 Å². The predicted molar refractivity (Wildman–Crippen MR) is 130 cm³/mol. The van der Waals surface area contributed by atoms with Crippen molar-refractivity contribution in [1.82, 2.24) is 14.8 Å². The highest BCUT2D eigenvalue weighted by Gasteiger charge is 2.23. The Kier molecular flexibility index (Phi) is 6.98. The molecule has 2 aliphatic rings. The van der Waals surface area contributed by atoms with E-state index in [9.17, 15) is 9.18 Å². The summed E-state index contributed by atoms with van der Waals surface area (Å²) in [4.78, 5) is 21.6. The van der Waals surface area contributed by atoms with Gasteiger partial charge in [0.05, 0.1) is 43.1 Å². The van der Waals surface area contributed by atoms with E-state index in [1.165, 1.54) is 18.2 Å². The number of likely N-dealkylation sites (N-methyl/N-ethyl adjacent to an activating group) is 1. The van der Waals surface area contributed by atoms with Gasteiger partial charge in [-0.2, -0.15) is 0 Å². The Labute approximate surface area is 199 Å². The number of aryl methyl sites for hydroxylation is 1. The van der Waals surface area contributed by atoms with E-state index < -0.39 is 5.82 Å². The topological polar surface area (TPSA) is 66.9 Å². The van der Waals surface area contributed by atoms with Crippen molar-refractivity contribution in [1.29, 1.82) is 0 Å². The van der Waals surface area contributed by atoms with Crippen LogP contribution in [0.2, 0.25) is 0 Å². The molecular weight excluding hydrogens is 435 g/mol. The molecule has 0 atom stereocenters. The Morgan fingerprint density at radius 2 is 2.06 bits per heavy atom. The number of carbonyl (C=O) groups is 1. The quantitative estimate of drug-likeness (QED) is 0.691. The SMILES string of the molecule is C=C1C(N2CCOCC2)=CC(c2cc(NC(=O)c3ccc(F)c(OCC)c3)cnc2C)=CN1C. The largest absolute Gasteiger partial charge is 0.491 e. The minimum atomic E-state index is -0.504. The molecule has 2 aromatic rings. The van der Waals surface area contributed by atoms with Crippen LogP contribution in [0, 0.1) is 12.7 Å². The van der Waals surface area contributed by atoms with Crippen molar-refractivity contribution in [2.45, 2.75) is 13.8 Å². The van der Waals surface area contributed by atoms with Gasteiger partial charge in [0.1, 0.15) is 0 Å². The van der Waals surface area contributed by atoms with Gasteiger partial charge < -0.3 is 24.6 Å². The fourth-order valence-electron chi connectivity index (χ4n) is 3.97. The molecule has 0 saturated carbocycles. The number of anilines is 1. The van der Waals surface area contributed by atoms with Gasteiger partial charge in [0.2, 0.25) is 0 Å². The number of allylic oxidation sites excluding steroid dienone is 2. The Balaban J connectivity index is 1.60. The average Bonchev–Trinajstić information content (AvgIpc) is 2.84. The van der Waals surface area contributed by atoms with Gasteiger partial charge in [-0.05, 0) is 44.2 Å². The number of hydrogen-bond acceptors (Lipinski definition) is 6. The van der Waals surface area contributed by atoms with E-state index >= 15 is 0 Å². The molecule has 1 N–H and O–H groups in total. The van der Waals surface area contributed by atoms with E-state index in [1.54, 1.807) is 13.1 Å². The first-order valence-electron chi connectivity index (χ1n) is 11.3.